The molecule has 2 aliphatic rings. The van der Waals surface area contributed by atoms with Gasteiger partial charge in [-0.25, -0.2) is 4.98 Å². The number of carboxylic acid groups (broad SMARTS) is 1. The van der Waals surface area contributed by atoms with Crippen LogP contribution in [0.3, 0.4) is 0 Å². The summed E-state index contributed by atoms with van der Waals surface area (Å²) in [6, 6.07) is 0. The molecule has 0 bridgehead atoms. The predicted molar refractivity (Wildman–Crippen MR) is 84.8 cm³/mol. The maximum Gasteiger partial charge on any atom is 0.313 e. The van der Waals surface area contributed by atoms with Crippen molar-refractivity contribution < 1.29 is 14.7 Å². The highest BCUT2D eigenvalue weighted by Crippen LogP contribution is 2.42. The molecule has 0 saturated carbocycles. The normalized spacial score (nSPS) is 27.7. The van der Waals surface area contributed by atoms with Crippen LogP contribution in [-0.4, -0.2) is 69.4 Å². The monoisotopic (exact) mass is 334 g/mol. The summed E-state index contributed by atoms with van der Waals surface area (Å²) < 4.78 is 1.80. The van der Waals surface area contributed by atoms with Gasteiger partial charge < -0.3 is 14.9 Å². The lowest BCUT2D eigenvalue weighted by Crippen LogP contribution is -2.41. The van der Waals surface area contributed by atoms with Crippen LogP contribution in [0.2, 0.25) is 0 Å². The van der Waals surface area contributed by atoms with Crippen LogP contribution < -0.4 is 0 Å². The van der Waals surface area contributed by atoms with Gasteiger partial charge in [0.05, 0.1) is 5.69 Å². The number of amides is 1. The van der Waals surface area contributed by atoms with Crippen molar-refractivity contribution in [3.63, 3.8) is 0 Å². The molecular weight excluding hydrogens is 316 g/mol. The Labute approximate surface area is 137 Å². The number of rotatable bonds is 2. The van der Waals surface area contributed by atoms with Crippen molar-refractivity contribution in [2.24, 2.45) is 11.3 Å². The van der Waals surface area contributed by atoms with E-state index in [1.54, 1.807) is 9.30 Å². The summed E-state index contributed by atoms with van der Waals surface area (Å²) in [5.74, 6) is -0.931. The van der Waals surface area contributed by atoms with E-state index in [1.165, 1.54) is 11.3 Å². The first-order chi connectivity index (χ1) is 10.9. The second-order valence-electron chi connectivity index (χ2n) is 6.64. The summed E-state index contributed by atoms with van der Waals surface area (Å²) in [4.78, 5) is 33.8. The standard InChI is InChI=1S/C15H18N4O3S/c1-9-11(19-3-4-23-14(19)16-9)12(20)18-6-10-5-17(2)7-15(10,8-18)13(21)22/h3-4,10H,5-8H2,1-2H3,(H,21,22)/t10-,15-/m0/s1. The van der Waals surface area contributed by atoms with Gasteiger partial charge in [-0.1, -0.05) is 0 Å². The first-order valence-electron chi connectivity index (χ1n) is 7.56. The van der Waals surface area contributed by atoms with Gasteiger partial charge in [0.15, 0.2) is 4.96 Å². The highest BCUT2D eigenvalue weighted by molar-refractivity contribution is 7.15. The highest BCUT2D eigenvalue weighted by atomic mass is 32.1. The lowest BCUT2D eigenvalue weighted by atomic mass is 9.81. The third kappa shape index (κ3) is 1.94. The Morgan fingerprint density at radius 1 is 1.39 bits per heavy atom. The highest BCUT2D eigenvalue weighted by Gasteiger charge is 2.58. The summed E-state index contributed by atoms with van der Waals surface area (Å²) in [5.41, 5.74) is 0.409. The second kappa shape index (κ2) is 4.78. The smallest absolute Gasteiger partial charge is 0.313 e. The topological polar surface area (TPSA) is 78.2 Å². The van der Waals surface area contributed by atoms with Crippen molar-refractivity contribution in [1.82, 2.24) is 19.2 Å². The van der Waals surface area contributed by atoms with Gasteiger partial charge in [-0.05, 0) is 14.0 Å². The number of thiazole rings is 1. The van der Waals surface area contributed by atoms with Crippen molar-refractivity contribution in [2.75, 3.05) is 33.2 Å². The van der Waals surface area contributed by atoms with Gasteiger partial charge in [0, 0.05) is 43.7 Å². The molecule has 1 amide bonds. The third-order valence-electron chi connectivity index (χ3n) is 5.13. The number of hydrogen-bond donors (Lipinski definition) is 1. The molecule has 0 aromatic carbocycles. The first kappa shape index (κ1) is 14.6. The van der Waals surface area contributed by atoms with E-state index >= 15 is 0 Å². The molecular formula is C15H18N4O3S. The van der Waals surface area contributed by atoms with Gasteiger partial charge in [-0.2, -0.15) is 0 Å². The van der Waals surface area contributed by atoms with Crippen LogP contribution in [0, 0.1) is 18.3 Å². The van der Waals surface area contributed by atoms with Gasteiger partial charge in [0.25, 0.3) is 5.91 Å². The number of hydrogen-bond acceptors (Lipinski definition) is 5. The zero-order valence-electron chi connectivity index (χ0n) is 13.0. The average Bonchev–Trinajstić information content (AvgIpc) is 3.15. The zero-order valence-corrected chi connectivity index (χ0v) is 13.8. The summed E-state index contributed by atoms with van der Waals surface area (Å²) in [6.45, 7) is 3.80. The molecule has 2 aromatic rings. The fraction of sp³-hybridized carbons (Fsp3) is 0.533. The molecule has 2 atom stereocenters. The van der Waals surface area contributed by atoms with Crippen LogP contribution in [0.15, 0.2) is 11.6 Å². The second-order valence-corrected chi connectivity index (χ2v) is 7.52. The van der Waals surface area contributed by atoms with Crippen molar-refractivity contribution in [3.8, 4) is 0 Å². The van der Waals surface area contributed by atoms with E-state index < -0.39 is 11.4 Å². The molecule has 2 aliphatic heterocycles. The number of likely N-dealkylation sites (tertiary alicyclic amines) is 2. The average molecular weight is 334 g/mol. The van der Waals surface area contributed by atoms with Gasteiger partial charge in [0.2, 0.25) is 0 Å². The number of imidazole rings is 1. The van der Waals surface area contributed by atoms with E-state index in [0.29, 0.717) is 24.5 Å². The number of aromatic nitrogens is 2. The van der Waals surface area contributed by atoms with Crippen LogP contribution in [0.1, 0.15) is 16.2 Å². The lowest BCUT2D eigenvalue weighted by molar-refractivity contribution is -0.148. The molecule has 1 N–H and O–H groups in total. The van der Waals surface area contributed by atoms with Crippen molar-refractivity contribution in [1.29, 1.82) is 0 Å². The van der Waals surface area contributed by atoms with Crippen LogP contribution in [-0.2, 0) is 4.79 Å². The largest absolute Gasteiger partial charge is 0.481 e. The Morgan fingerprint density at radius 3 is 2.87 bits per heavy atom. The quantitative estimate of drug-likeness (QED) is 0.879. The fourth-order valence-corrected chi connectivity index (χ4v) is 4.83. The Morgan fingerprint density at radius 2 is 2.17 bits per heavy atom. The molecule has 8 heteroatoms. The maximum absolute atomic E-state index is 13.0. The van der Waals surface area contributed by atoms with Crippen molar-refractivity contribution >= 4 is 28.2 Å². The molecule has 0 radical (unpaired) electrons. The molecule has 7 nitrogen and oxygen atoms in total. The molecule has 0 unspecified atom stereocenters. The van der Waals surface area contributed by atoms with E-state index in [9.17, 15) is 14.7 Å². The molecule has 23 heavy (non-hydrogen) atoms. The number of carboxylic acids is 1. The molecule has 4 rings (SSSR count). The minimum atomic E-state index is -0.837. The van der Waals surface area contributed by atoms with Crippen LogP contribution >= 0.6 is 11.3 Å². The van der Waals surface area contributed by atoms with Gasteiger partial charge >= 0.3 is 5.97 Å². The Kier molecular flexibility index (Phi) is 3.05. The van der Waals surface area contributed by atoms with Gasteiger partial charge in [0.1, 0.15) is 11.1 Å². The maximum atomic E-state index is 13.0. The summed E-state index contributed by atoms with van der Waals surface area (Å²) >= 11 is 1.48. The lowest BCUT2D eigenvalue weighted by Gasteiger charge is -2.24. The van der Waals surface area contributed by atoms with Crippen molar-refractivity contribution in [3.05, 3.63) is 23.0 Å². The fourth-order valence-electron chi connectivity index (χ4n) is 4.07. The predicted octanol–water partition coefficient (Wildman–Crippen LogP) is 0.793. The van der Waals surface area contributed by atoms with Crippen molar-refractivity contribution in [2.45, 2.75) is 6.92 Å². The van der Waals surface area contributed by atoms with E-state index in [2.05, 4.69) is 4.98 Å². The Bertz CT molecular complexity index is 813. The molecule has 0 spiro atoms. The Balaban J connectivity index is 1.68. The minimum Gasteiger partial charge on any atom is -0.481 e. The first-order valence-corrected chi connectivity index (χ1v) is 8.44. The minimum absolute atomic E-state index is 0.0138. The SMILES string of the molecule is Cc1nc2sccn2c1C(=O)N1C[C@@H]2CN(C)C[C@]2(C(=O)O)C1. The van der Waals surface area contributed by atoms with E-state index in [-0.39, 0.29) is 18.4 Å². The van der Waals surface area contributed by atoms with Gasteiger partial charge in [-0.3, -0.25) is 14.0 Å². The van der Waals surface area contributed by atoms with Gasteiger partial charge in [-0.15, -0.1) is 11.3 Å². The molecule has 2 aromatic heterocycles. The number of carbonyl (C=O) groups is 2. The molecule has 2 saturated heterocycles. The summed E-state index contributed by atoms with van der Waals surface area (Å²) in [6.07, 6.45) is 1.84. The summed E-state index contributed by atoms with van der Waals surface area (Å²) in [7, 11) is 1.94. The zero-order chi connectivity index (χ0) is 16.4. The van der Waals surface area contributed by atoms with E-state index in [1.807, 2.05) is 30.4 Å². The Hall–Kier alpha value is -1.93. The van der Waals surface area contributed by atoms with Crippen LogP contribution in [0.5, 0.6) is 0 Å². The van der Waals surface area contributed by atoms with E-state index in [0.717, 1.165) is 11.5 Å². The number of nitrogens with zero attached hydrogens (tertiary/aromatic N) is 4. The number of aliphatic carboxylic acids is 1. The van der Waals surface area contributed by atoms with Crippen LogP contribution in [0.25, 0.3) is 4.96 Å². The number of aryl methyl sites for hydroxylation is 1. The molecule has 2 fully saturated rings. The number of carbonyl (C=O) groups excluding carboxylic acids is 1. The molecule has 4 heterocycles. The number of fused-ring (bicyclic) bond motifs is 2. The summed E-state index contributed by atoms with van der Waals surface area (Å²) in [5, 5.41) is 11.6. The third-order valence-corrected chi connectivity index (χ3v) is 5.89. The van der Waals surface area contributed by atoms with Crippen LogP contribution in [0.4, 0.5) is 0 Å². The molecule has 122 valence electrons. The van der Waals surface area contributed by atoms with E-state index in [4.69, 9.17) is 0 Å². The molecule has 0 aliphatic carbocycles.